The summed E-state index contributed by atoms with van der Waals surface area (Å²) in [5.41, 5.74) is -0.814. The van der Waals surface area contributed by atoms with E-state index in [1.54, 1.807) is 11.7 Å². The number of fused-ring (bicyclic) bond motifs is 1. The first-order valence-electron chi connectivity index (χ1n) is 8.42. The molecule has 0 fully saturated rings. The van der Waals surface area contributed by atoms with Crippen molar-refractivity contribution in [2.75, 3.05) is 20.7 Å². The minimum atomic E-state index is -4.40. The van der Waals surface area contributed by atoms with Crippen LogP contribution in [0.3, 0.4) is 0 Å². The smallest absolute Gasteiger partial charge is 0.377 e. The molecule has 0 saturated carbocycles. The van der Waals surface area contributed by atoms with Crippen LogP contribution in [0.4, 0.5) is 13.2 Å². The first-order chi connectivity index (χ1) is 12.3. The molecule has 0 N–H and O–H groups in total. The van der Waals surface area contributed by atoms with Gasteiger partial charge in [0.05, 0.1) is 6.04 Å². The Bertz CT molecular complexity index is 743. The lowest BCUT2D eigenvalue weighted by Crippen LogP contribution is -2.33. The lowest BCUT2D eigenvalue weighted by molar-refractivity contribution is -0.141. The van der Waals surface area contributed by atoms with Crippen molar-refractivity contribution in [3.8, 4) is 0 Å². The van der Waals surface area contributed by atoms with E-state index < -0.39 is 11.9 Å². The monoisotopic (exact) mass is 373 g/mol. The van der Waals surface area contributed by atoms with Crippen LogP contribution < -0.4 is 0 Å². The quantitative estimate of drug-likeness (QED) is 0.776. The third kappa shape index (κ3) is 4.07. The molecule has 1 aliphatic heterocycles. The number of aromatic nitrogens is 4. The minimum absolute atomic E-state index is 0.0944. The average Bonchev–Trinajstić information content (AvgIpc) is 3.20. The number of hydrogen-bond donors (Lipinski definition) is 0. The molecule has 2 aromatic heterocycles. The molecule has 0 saturated heterocycles. The maximum atomic E-state index is 12.8. The average molecular weight is 373 g/mol. The second-order valence-corrected chi connectivity index (χ2v) is 6.69. The summed E-state index contributed by atoms with van der Waals surface area (Å²) in [5, 5.41) is 3.86. The molecule has 7 nitrogen and oxygen atoms in total. The number of rotatable bonds is 6. The van der Waals surface area contributed by atoms with Gasteiger partial charge in [0, 0.05) is 32.8 Å². The van der Waals surface area contributed by atoms with Crippen molar-refractivity contribution in [2.45, 2.75) is 45.1 Å². The highest BCUT2D eigenvalue weighted by Gasteiger charge is 2.36. The molecule has 0 aliphatic carbocycles. The van der Waals surface area contributed by atoms with Gasteiger partial charge in [-0.3, -0.25) is 4.90 Å². The third-order valence-corrected chi connectivity index (χ3v) is 4.70. The summed E-state index contributed by atoms with van der Waals surface area (Å²) in [4.78, 5) is 10.1. The highest BCUT2D eigenvalue weighted by atomic mass is 19.4. The largest absolute Gasteiger partial charge is 0.434 e. The Morgan fingerprint density at radius 2 is 2.19 bits per heavy atom. The Balaban J connectivity index is 1.61. The standard InChI is InChI=1S/C16H22F3N5O2/c1-10(15-21-13(9-25-3)22-26-15)23(2)6-11-4-5-14-20-12(16(17,18)19)8-24(14)7-11/h8,10-11H,4-7,9H2,1-3H3/t10-,11-/m0/s1. The zero-order chi connectivity index (χ0) is 18.9. The topological polar surface area (TPSA) is 69.2 Å². The van der Waals surface area contributed by atoms with Gasteiger partial charge in [-0.25, -0.2) is 4.98 Å². The number of nitrogens with zero attached hydrogens (tertiary/aromatic N) is 5. The van der Waals surface area contributed by atoms with Gasteiger partial charge in [0.15, 0.2) is 11.5 Å². The molecule has 10 heteroatoms. The zero-order valence-corrected chi connectivity index (χ0v) is 15.0. The maximum absolute atomic E-state index is 12.8. The molecule has 0 bridgehead atoms. The van der Waals surface area contributed by atoms with Gasteiger partial charge in [-0.2, -0.15) is 18.2 Å². The van der Waals surface area contributed by atoms with Crippen LogP contribution in [-0.4, -0.2) is 45.3 Å². The van der Waals surface area contributed by atoms with Gasteiger partial charge in [0.25, 0.3) is 0 Å². The number of halogens is 3. The second kappa shape index (κ2) is 7.36. The van der Waals surface area contributed by atoms with E-state index in [0.29, 0.717) is 37.0 Å². The van der Waals surface area contributed by atoms with Crippen molar-refractivity contribution in [1.82, 2.24) is 24.6 Å². The summed E-state index contributed by atoms with van der Waals surface area (Å²) < 4.78 is 50.3. The molecule has 0 amide bonds. The van der Waals surface area contributed by atoms with Crippen LogP contribution in [-0.2, 0) is 30.5 Å². The fourth-order valence-electron chi connectivity index (χ4n) is 3.18. The summed E-state index contributed by atoms with van der Waals surface area (Å²) in [6, 6.07) is -0.0944. The summed E-state index contributed by atoms with van der Waals surface area (Å²) in [6.45, 7) is 3.47. The van der Waals surface area contributed by atoms with Crippen molar-refractivity contribution in [3.63, 3.8) is 0 Å². The zero-order valence-electron chi connectivity index (χ0n) is 15.0. The highest BCUT2D eigenvalue weighted by Crippen LogP contribution is 2.31. The first-order valence-corrected chi connectivity index (χ1v) is 8.42. The summed E-state index contributed by atoms with van der Waals surface area (Å²) >= 11 is 0. The molecule has 0 radical (unpaired) electrons. The van der Waals surface area contributed by atoms with Gasteiger partial charge in [0.1, 0.15) is 12.4 Å². The van der Waals surface area contributed by atoms with Gasteiger partial charge in [-0.05, 0) is 26.3 Å². The van der Waals surface area contributed by atoms with Crippen LogP contribution >= 0.6 is 0 Å². The SMILES string of the molecule is COCc1noc([C@H](C)N(C)C[C@@H]2CCc3nc(C(F)(F)F)cn3C2)n1. The van der Waals surface area contributed by atoms with Gasteiger partial charge >= 0.3 is 6.18 Å². The van der Waals surface area contributed by atoms with E-state index in [0.717, 1.165) is 12.6 Å². The lowest BCUT2D eigenvalue weighted by Gasteiger charge is -2.30. The Hall–Kier alpha value is -1.94. The number of methoxy groups -OCH3 is 1. The summed E-state index contributed by atoms with van der Waals surface area (Å²) in [6.07, 6.45) is -1.95. The van der Waals surface area contributed by atoms with E-state index in [-0.39, 0.29) is 18.6 Å². The molecule has 2 aromatic rings. The Labute approximate surface area is 149 Å². The fraction of sp³-hybridized carbons (Fsp3) is 0.688. The van der Waals surface area contributed by atoms with E-state index in [2.05, 4.69) is 20.0 Å². The summed E-state index contributed by atoms with van der Waals surface area (Å²) in [5.74, 6) is 1.72. The number of hydrogen-bond acceptors (Lipinski definition) is 6. The van der Waals surface area contributed by atoms with E-state index in [1.807, 2.05) is 14.0 Å². The van der Waals surface area contributed by atoms with Crippen LogP contribution in [0.25, 0.3) is 0 Å². The van der Waals surface area contributed by atoms with Crippen LogP contribution in [0.2, 0.25) is 0 Å². The molecule has 0 spiro atoms. The van der Waals surface area contributed by atoms with Crippen molar-refractivity contribution < 1.29 is 22.4 Å². The molecule has 1 aliphatic rings. The van der Waals surface area contributed by atoms with E-state index in [9.17, 15) is 13.2 Å². The molecular formula is C16H22F3N5O2. The molecule has 0 aromatic carbocycles. The number of alkyl halides is 3. The maximum Gasteiger partial charge on any atom is 0.434 e. The van der Waals surface area contributed by atoms with E-state index in [1.165, 1.54) is 0 Å². The highest BCUT2D eigenvalue weighted by molar-refractivity contribution is 5.10. The predicted molar refractivity (Wildman–Crippen MR) is 85.1 cm³/mol. The van der Waals surface area contributed by atoms with Crippen LogP contribution in [0, 0.1) is 5.92 Å². The van der Waals surface area contributed by atoms with E-state index >= 15 is 0 Å². The van der Waals surface area contributed by atoms with Gasteiger partial charge < -0.3 is 13.8 Å². The number of aryl methyl sites for hydroxylation is 1. The molecule has 144 valence electrons. The molecule has 3 rings (SSSR count). The van der Waals surface area contributed by atoms with Crippen LogP contribution in [0.1, 0.15) is 42.6 Å². The second-order valence-electron chi connectivity index (χ2n) is 6.69. The van der Waals surface area contributed by atoms with Crippen LogP contribution in [0.5, 0.6) is 0 Å². The summed E-state index contributed by atoms with van der Waals surface area (Å²) in [7, 11) is 3.50. The minimum Gasteiger partial charge on any atom is -0.377 e. The van der Waals surface area contributed by atoms with Crippen LogP contribution in [0.15, 0.2) is 10.7 Å². The Morgan fingerprint density at radius 1 is 1.42 bits per heavy atom. The lowest BCUT2D eigenvalue weighted by atomic mass is 9.98. The first kappa shape index (κ1) is 18.8. The molecule has 26 heavy (non-hydrogen) atoms. The molecular weight excluding hydrogens is 351 g/mol. The molecule has 3 heterocycles. The van der Waals surface area contributed by atoms with E-state index in [4.69, 9.17) is 9.26 Å². The molecule has 2 atom stereocenters. The Morgan fingerprint density at radius 3 is 2.88 bits per heavy atom. The van der Waals surface area contributed by atoms with Crippen molar-refractivity contribution in [3.05, 3.63) is 29.4 Å². The molecule has 0 unspecified atom stereocenters. The van der Waals surface area contributed by atoms with Crippen molar-refractivity contribution >= 4 is 0 Å². The van der Waals surface area contributed by atoms with Gasteiger partial charge in [-0.1, -0.05) is 5.16 Å². The third-order valence-electron chi connectivity index (χ3n) is 4.70. The Kier molecular flexibility index (Phi) is 5.33. The fourth-order valence-corrected chi connectivity index (χ4v) is 3.18. The van der Waals surface area contributed by atoms with Crippen molar-refractivity contribution in [1.29, 1.82) is 0 Å². The number of ether oxygens (including phenoxy) is 1. The predicted octanol–water partition coefficient (Wildman–Crippen LogP) is 2.69. The van der Waals surface area contributed by atoms with Gasteiger partial charge in [-0.15, -0.1) is 0 Å². The number of imidazole rings is 1. The normalized spacial score (nSPS) is 19.0. The van der Waals surface area contributed by atoms with Gasteiger partial charge in [0.2, 0.25) is 5.89 Å². The van der Waals surface area contributed by atoms with Crippen molar-refractivity contribution in [2.24, 2.45) is 5.92 Å².